The number of rotatable bonds is 9. The molecule has 13 heteroatoms. The number of nitrogens with one attached hydrogen (secondary N) is 2. The van der Waals surface area contributed by atoms with Crippen LogP contribution in [-0.2, 0) is 19.6 Å². The summed E-state index contributed by atoms with van der Waals surface area (Å²) >= 11 is 13.3. The molecule has 1 aromatic heterocycles. The number of thiophene rings is 1. The molecule has 2 fully saturated rings. The Balaban J connectivity index is 1.21. The number of carbonyl (C=O) groups is 3. The number of sulfonamides is 1. The molecule has 2 aliphatic rings. The van der Waals surface area contributed by atoms with E-state index in [2.05, 4.69) is 10.0 Å². The van der Waals surface area contributed by atoms with E-state index in [0.717, 1.165) is 10.1 Å². The normalized spacial score (nSPS) is 20.8. The second kappa shape index (κ2) is 11.2. The van der Waals surface area contributed by atoms with Crippen molar-refractivity contribution in [3.63, 3.8) is 0 Å². The first kappa shape index (κ1) is 29.8. The summed E-state index contributed by atoms with van der Waals surface area (Å²) in [4.78, 5) is 43.3. The lowest BCUT2D eigenvalue weighted by Gasteiger charge is -2.69. The van der Waals surface area contributed by atoms with Gasteiger partial charge in [0.25, 0.3) is 5.91 Å². The van der Waals surface area contributed by atoms with E-state index in [-0.39, 0.29) is 45.3 Å². The van der Waals surface area contributed by atoms with Crippen LogP contribution in [0.5, 0.6) is 0 Å². The number of likely N-dealkylation sites (tertiary alicyclic amines) is 2. The zero-order valence-corrected chi connectivity index (χ0v) is 25.8. The first-order valence-electron chi connectivity index (χ1n) is 13.2. The van der Waals surface area contributed by atoms with Crippen molar-refractivity contribution < 1.29 is 22.8 Å². The summed E-state index contributed by atoms with van der Waals surface area (Å²) in [6.45, 7) is 6.01. The lowest BCUT2D eigenvalue weighted by Crippen LogP contribution is -2.88. The largest absolute Gasteiger partial charge is 0.340 e. The van der Waals surface area contributed by atoms with Gasteiger partial charge in [0.2, 0.25) is 21.8 Å². The Bertz CT molecular complexity index is 1610. The van der Waals surface area contributed by atoms with Gasteiger partial charge in [-0.3, -0.25) is 14.4 Å². The number of hydrogen-bond donors (Lipinski definition) is 2. The van der Waals surface area contributed by atoms with Gasteiger partial charge in [0.1, 0.15) is 10.9 Å². The zero-order chi connectivity index (χ0) is 29.7. The Morgan fingerprint density at radius 2 is 1.85 bits per heavy atom. The highest BCUT2D eigenvalue weighted by Gasteiger charge is 2.64. The Morgan fingerprint density at radius 1 is 1.12 bits per heavy atom. The van der Waals surface area contributed by atoms with Crippen molar-refractivity contribution in [3.05, 3.63) is 63.5 Å². The topological polar surface area (TPSA) is 116 Å². The van der Waals surface area contributed by atoms with Crippen LogP contribution in [0.25, 0.3) is 10.1 Å². The highest BCUT2D eigenvalue weighted by Crippen LogP contribution is 2.44. The monoisotopic (exact) mass is 636 g/mol. The molecule has 41 heavy (non-hydrogen) atoms. The number of nitrogens with zero attached hydrogens (tertiary/aromatic N) is 2. The summed E-state index contributed by atoms with van der Waals surface area (Å²) in [6.07, 6.45) is 0.475. The standard InChI is InChI=1S/C28H30Cl2N4O5S2/c1-16(2)10-20(32-26(36)22-11-17-6-4-5-7-21(17)40-22)27(37)34-14-24-28(34,3)15-33(24)25(35)13-31-41(38,39)23-12-18(29)8-9-19(23)30/h4-9,11-12,16,20,24,31H,10,13-15H2,1-3H3,(H,32,36)/t20?,24-,28?/m1/s1. The Kier molecular flexibility index (Phi) is 8.12. The van der Waals surface area contributed by atoms with Crippen molar-refractivity contribution in [2.75, 3.05) is 19.6 Å². The van der Waals surface area contributed by atoms with Gasteiger partial charge in [-0.2, -0.15) is 0 Å². The molecule has 3 atom stereocenters. The minimum absolute atomic E-state index is 0.00517. The van der Waals surface area contributed by atoms with Gasteiger partial charge >= 0.3 is 0 Å². The number of benzene rings is 2. The van der Waals surface area contributed by atoms with Crippen molar-refractivity contribution in [2.45, 2.75) is 49.7 Å². The minimum atomic E-state index is -4.06. The predicted molar refractivity (Wildman–Crippen MR) is 160 cm³/mol. The Hall–Kier alpha value is -2.70. The van der Waals surface area contributed by atoms with Crippen molar-refractivity contribution in [1.82, 2.24) is 19.8 Å². The van der Waals surface area contributed by atoms with Gasteiger partial charge in [-0.1, -0.05) is 55.2 Å². The molecule has 2 unspecified atom stereocenters. The average Bonchev–Trinajstić information content (AvgIpc) is 3.36. The molecule has 2 N–H and O–H groups in total. The van der Waals surface area contributed by atoms with E-state index in [1.165, 1.54) is 29.5 Å². The second-order valence-electron chi connectivity index (χ2n) is 11.0. The molecule has 2 aliphatic heterocycles. The number of piperazine rings is 1. The van der Waals surface area contributed by atoms with Gasteiger partial charge in [0, 0.05) is 22.8 Å². The minimum Gasteiger partial charge on any atom is -0.340 e. The molecular formula is C28H30Cl2N4O5S2. The molecule has 0 bridgehead atoms. The van der Waals surface area contributed by atoms with Crippen LogP contribution in [-0.4, -0.2) is 73.2 Å². The van der Waals surface area contributed by atoms with Crippen LogP contribution in [0.2, 0.25) is 10.0 Å². The molecule has 5 rings (SSSR count). The van der Waals surface area contributed by atoms with Gasteiger partial charge in [-0.15, -0.1) is 11.3 Å². The molecule has 0 saturated carbocycles. The quantitative estimate of drug-likeness (QED) is 0.366. The van der Waals surface area contributed by atoms with E-state index in [1.807, 2.05) is 51.1 Å². The fourth-order valence-corrected chi connectivity index (χ4v) is 8.14. The molecular weight excluding hydrogens is 607 g/mol. The van der Waals surface area contributed by atoms with E-state index in [9.17, 15) is 22.8 Å². The number of amides is 3. The van der Waals surface area contributed by atoms with Crippen LogP contribution >= 0.6 is 34.5 Å². The van der Waals surface area contributed by atoms with Gasteiger partial charge in [0.15, 0.2) is 0 Å². The summed E-state index contributed by atoms with van der Waals surface area (Å²) in [5, 5.41) is 4.12. The van der Waals surface area contributed by atoms with Gasteiger partial charge < -0.3 is 15.1 Å². The third-order valence-corrected chi connectivity index (χ3v) is 10.9. The lowest BCUT2D eigenvalue weighted by molar-refractivity contribution is -0.205. The Morgan fingerprint density at radius 3 is 2.51 bits per heavy atom. The van der Waals surface area contributed by atoms with E-state index >= 15 is 0 Å². The van der Waals surface area contributed by atoms with Crippen molar-refractivity contribution in [1.29, 1.82) is 0 Å². The van der Waals surface area contributed by atoms with Crippen molar-refractivity contribution >= 4 is 72.4 Å². The van der Waals surface area contributed by atoms with E-state index in [4.69, 9.17) is 23.2 Å². The molecule has 0 aliphatic carbocycles. The maximum absolute atomic E-state index is 13.6. The zero-order valence-electron chi connectivity index (χ0n) is 22.7. The summed E-state index contributed by atoms with van der Waals surface area (Å²) in [5.41, 5.74) is -0.584. The summed E-state index contributed by atoms with van der Waals surface area (Å²) in [6, 6.07) is 12.7. The first-order valence-corrected chi connectivity index (χ1v) is 16.2. The molecule has 9 nitrogen and oxygen atoms in total. The van der Waals surface area contributed by atoms with Crippen LogP contribution in [0.4, 0.5) is 0 Å². The van der Waals surface area contributed by atoms with Crippen LogP contribution in [0, 0.1) is 5.92 Å². The summed E-state index contributed by atoms with van der Waals surface area (Å²) in [7, 11) is -4.06. The van der Waals surface area contributed by atoms with Crippen LogP contribution in [0.3, 0.4) is 0 Å². The lowest BCUT2D eigenvalue weighted by atomic mass is 9.71. The van der Waals surface area contributed by atoms with Crippen molar-refractivity contribution in [2.24, 2.45) is 5.92 Å². The Labute approximate surface area is 252 Å². The van der Waals surface area contributed by atoms with Crippen molar-refractivity contribution in [3.8, 4) is 0 Å². The molecule has 0 radical (unpaired) electrons. The smallest absolute Gasteiger partial charge is 0.262 e. The molecule has 3 heterocycles. The van der Waals surface area contributed by atoms with Gasteiger partial charge in [-0.05, 0) is 55.0 Å². The third-order valence-electron chi connectivity index (χ3n) is 7.70. The fourth-order valence-electron chi connectivity index (χ4n) is 5.44. The highest BCUT2D eigenvalue weighted by atomic mass is 35.5. The number of carbonyl (C=O) groups excluding carboxylic acids is 3. The number of hydrogen-bond acceptors (Lipinski definition) is 6. The van der Waals surface area contributed by atoms with Crippen LogP contribution in [0.15, 0.2) is 53.4 Å². The fraction of sp³-hybridized carbons (Fsp3) is 0.393. The maximum atomic E-state index is 13.6. The van der Waals surface area contributed by atoms with E-state index in [1.54, 1.807) is 9.80 Å². The number of fused-ring (bicyclic) bond motifs is 2. The second-order valence-corrected chi connectivity index (χ2v) is 14.7. The SMILES string of the molecule is CC(C)CC(NC(=O)c1cc2ccccc2s1)C(=O)N1C[C@H]2N(C(=O)CNS(=O)(=O)c3cc(Cl)ccc3Cl)CC21C. The number of halogens is 2. The van der Waals surface area contributed by atoms with E-state index in [0.29, 0.717) is 17.8 Å². The highest BCUT2D eigenvalue weighted by molar-refractivity contribution is 7.89. The molecule has 2 aromatic carbocycles. The van der Waals surface area contributed by atoms with Gasteiger partial charge in [-0.25, -0.2) is 13.1 Å². The summed E-state index contributed by atoms with van der Waals surface area (Å²) < 4.78 is 28.7. The molecule has 218 valence electrons. The maximum Gasteiger partial charge on any atom is 0.262 e. The van der Waals surface area contributed by atoms with Crippen LogP contribution in [0.1, 0.15) is 36.9 Å². The first-order chi connectivity index (χ1) is 19.3. The molecule has 3 aromatic rings. The summed E-state index contributed by atoms with van der Waals surface area (Å²) in [5.74, 6) is -0.713. The molecule has 3 amide bonds. The molecule has 0 spiro atoms. The van der Waals surface area contributed by atoms with Crippen LogP contribution < -0.4 is 10.0 Å². The molecule has 2 saturated heterocycles. The predicted octanol–water partition coefficient (Wildman–Crippen LogP) is 4.14. The third kappa shape index (κ3) is 5.70. The van der Waals surface area contributed by atoms with E-state index < -0.39 is 34.1 Å². The average molecular weight is 638 g/mol. The van der Waals surface area contributed by atoms with Gasteiger partial charge in [0.05, 0.1) is 28.0 Å².